The third kappa shape index (κ3) is 6.08. The van der Waals surface area contributed by atoms with Crippen LogP contribution in [0.4, 0.5) is 19.0 Å². The van der Waals surface area contributed by atoms with Gasteiger partial charge in [0.15, 0.2) is 0 Å². The summed E-state index contributed by atoms with van der Waals surface area (Å²) in [7, 11) is 0. The lowest BCUT2D eigenvalue weighted by molar-refractivity contribution is -0.121. The Morgan fingerprint density at radius 3 is 2.54 bits per heavy atom. The second-order valence-electron chi connectivity index (χ2n) is 9.10. The number of halogens is 3. The van der Waals surface area contributed by atoms with Crippen LogP contribution in [0, 0.1) is 17.5 Å². The molecule has 6 N–H and O–H groups in total. The largest absolute Gasteiger partial charge is 0.384 e. The summed E-state index contributed by atoms with van der Waals surface area (Å²) in [5, 5.41) is 9.31. The first-order valence-electron chi connectivity index (χ1n) is 12.0. The Balaban J connectivity index is 1.53. The van der Waals surface area contributed by atoms with Crippen molar-refractivity contribution in [3.05, 3.63) is 113 Å². The number of rotatable bonds is 8. The lowest BCUT2D eigenvalue weighted by atomic mass is 9.95. The predicted molar refractivity (Wildman–Crippen MR) is 147 cm³/mol. The number of nitrogens with one attached hydrogen (secondary N) is 2. The van der Waals surface area contributed by atoms with E-state index in [9.17, 15) is 18.0 Å². The number of amides is 1. The molecule has 0 radical (unpaired) electrons. The van der Waals surface area contributed by atoms with Crippen LogP contribution in [0.3, 0.4) is 0 Å². The van der Waals surface area contributed by atoms with Crippen LogP contribution in [-0.2, 0) is 17.6 Å². The molecule has 1 unspecified atom stereocenters. The van der Waals surface area contributed by atoms with Crippen molar-refractivity contribution in [1.29, 1.82) is 0 Å². The average molecular weight is 548 g/mol. The van der Waals surface area contributed by atoms with Crippen molar-refractivity contribution < 1.29 is 18.0 Å². The van der Waals surface area contributed by atoms with Crippen LogP contribution in [0.1, 0.15) is 22.9 Å². The Bertz CT molecular complexity index is 1650. The molecule has 2 aromatic heterocycles. The number of aromatic nitrogens is 2. The number of pyridine rings is 1. The van der Waals surface area contributed by atoms with E-state index in [0.29, 0.717) is 33.3 Å². The number of H-pyrrole nitrogens is 1. The lowest BCUT2D eigenvalue weighted by Gasteiger charge is -2.22. The number of nitrogen functional groups attached to an aromatic ring is 1. The molecule has 39 heavy (non-hydrogen) atoms. The number of nitrogens with zero attached hydrogens (tertiary/aromatic N) is 1. The van der Waals surface area contributed by atoms with E-state index >= 15 is 0 Å². The summed E-state index contributed by atoms with van der Waals surface area (Å²) in [6.07, 6.45) is 1.63. The molecule has 0 aliphatic carbocycles. The predicted octanol–water partition coefficient (Wildman–Crippen LogP) is 5.84. The zero-order chi connectivity index (χ0) is 27.5. The Morgan fingerprint density at radius 1 is 0.974 bits per heavy atom. The molecule has 0 saturated heterocycles. The SMILES string of the molecule is NSc1cccc(-c2ccc(N)nc2C(Cc2cc(F)cc(F)c2)NC(=O)Cc2c[nH]c3ccc(F)cc23)c1. The molecule has 0 spiro atoms. The molecule has 10 heteroatoms. The van der Waals surface area contributed by atoms with E-state index in [2.05, 4.69) is 15.3 Å². The zero-order valence-electron chi connectivity index (χ0n) is 20.5. The molecule has 1 atom stereocenters. The number of hydrogen-bond acceptors (Lipinski definition) is 5. The van der Waals surface area contributed by atoms with Gasteiger partial charge in [0.2, 0.25) is 5.91 Å². The molecule has 0 aliphatic rings. The van der Waals surface area contributed by atoms with Crippen LogP contribution in [0.25, 0.3) is 22.0 Å². The van der Waals surface area contributed by atoms with E-state index in [1.165, 1.54) is 24.3 Å². The van der Waals surface area contributed by atoms with Gasteiger partial charge in [-0.3, -0.25) is 9.93 Å². The Morgan fingerprint density at radius 2 is 1.77 bits per heavy atom. The van der Waals surface area contributed by atoms with Crippen LogP contribution in [-0.4, -0.2) is 15.9 Å². The topological polar surface area (TPSA) is 110 Å². The van der Waals surface area contributed by atoms with Gasteiger partial charge in [0.05, 0.1) is 18.2 Å². The molecule has 5 rings (SSSR count). The summed E-state index contributed by atoms with van der Waals surface area (Å²) in [6, 6.07) is 17.6. The van der Waals surface area contributed by atoms with Gasteiger partial charge in [-0.05, 0) is 89.7 Å². The fraction of sp³-hybridized carbons (Fsp3) is 0.103. The van der Waals surface area contributed by atoms with Crippen LogP contribution in [0.2, 0.25) is 0 Å². The first-order valence-corrected chi connectivity index (χ1v) is 12.9. The molecule has 3 aromatic carbocycles. The quantitative estimate of drug-likeness (QED) is 0.183. The minimum Gasteiger partial charge on any atom is -0.384 e. The van der Waals surface area contributed by atoms with E-state index in [0.717, 1.165) is 28.5 Å². The van der Waals surface area contributed by atoms with Crippen LogP contribution >= 0.6 is 11.9 Å². The van der Waals surface area contributed by atoms with Crippen molar-refractivity contribution >= 4 is 34.6 Å². The summed E-state index contributed by atoms with van der Waals surface area (Å²) < 4.78 is 42.0. The summed E-state index contributed by atoms with van der Waals surface area (Å²) >= 11 is 1.09. The normalized spacial score (nSPS) is 12.0. The molecular formula is C29H24F3N5OS. The Kier molecular flexibility index (Phi) is 7.58. The van der Waals surface area contributed by atoms with E-state index in [1.807, 2.05) is 24.3 Å². The fourth-order valence-electron chi connectivity index (χ4n) is 4.63. The highest BCUT2D eigenvalue weighted by atomic mass is 32.2. The van der Waals surface area contributed by atoms with Gasteiger partial charge >= 0.3 is 0 Å². The first-order chi connectivity index (χ1) is 18.8. The molecule has 2 heterocycles. The minimum absolute atomic E-state index is 0.0394. The van der Waals surface area contributed by atoms with Crippen LogP contribution in [0.5, 0.6) is 0 Å². The lowest BCUT2D eigenvalue weighted by Crippen LogP contribution is -2.32. The zero-order valence-corrected chi connectivity index (χ0v) is 21.4. The molecule has 0 bridgehead atoms. The first kappa shape index (κ1) is 26.3. The van der Waals surface area contributed by atoms with E-state index in [-0.39, 0.29) is 24.6 Å². The van der Waals surface area contributed by atoms with E-state index in [4.69, 9.17) is 10.9 Å². The second-order valence-corrected chi connectivity index (χ2v) is 9.80. The molecule has 5 aromatic rings. The highest BCUT2D eigenvalue weighted by Crippen LogP contribution is 2.32. The third-order valence-corrected chi connectivity index (χ3v) is 6.86. The summed E-state index contributed by atoms with van der Waals surface area (Å²) in [5.74, 6) is -2.05. The maximum absolute atomic E-state index is 14.1. The average Bonchev–Trinajstić information content (AvgIpc) is 3.29. The minimum atomic E-state index is -0.798. The van der Waals surface area contributed by atoms with Gasteiger partial charge in [0.1, 0.15) is 23.3 Å². The Hall–Kier alpha value is -4.28. The maximum Gasteiger partial charge on any atom is 0.225 e. The summed E-state index contributed by atoms with van der Waals surface area (Å²) in [6.45, 7) is 0. The van der Waals surface area contributed by atoms with Gasteiger partial charge in [-0.25, -0.2) is 18.2 Å². The number of carbonyl (C=O) groups excluding carboxylic acids is 1. The van der Waals surface area contributed by atoms with Gasteiger partial charge in [0, 0.05) is 33.6 Å². The fourth-order valence-corrected chi connectivity index (χ4v) is 4.99. The molecular weight excluding hydrogens is 523 g/mol. The van der Waals surface area contributed by atoms with Crippen molar-refractivity contribution in [2.24, 2.45) is 5.14 Å². The standard InChI is InChI=1S/C29H24F3N5OS/c30-19-4-6-25-24(14-19)18(15-35-25)12-28(38)36-26(10-16-8-20(31)13-21(32)9-16)29-23(5-7-27(33)37-29)17-2-1-3-22(11-17)39-34/h1-9,11,13-15,26,35H,10,12,34H2,(H2,33,37)(H,36,38). The number of nitrogens with two attached hydrogens (primary N) is 2. The summed E-state index contributed by atoms with van der Waals surface area (Å²) in [4.78, 5) is 21.7. The van der Waals surface area contributed by atoms with Gasteiger partial charge in [-0.2, -0.15) is 0 Å². The molecule has 0 fully saturated rings. The van der Waals surface area contributed by atoms with Crippen molar-refractivity contribution in [3.8, 4) is 11.1 Å². The molecule has 6 nitrogen and oxygen atoms in total. The number of fused-ring (bicyclic) bond motifs is 1. The van der Waals surface area contributed by atoms with Gasteiger partial charge < -0.3 is 16.0 Å². The number of anilines is 1. The van der Waals surface area contributed by atoms with Crippen molar-refractivity contribution in [1.82, 2.24) is 15.3 Å². The maximum atomic E-state index is 14.1. The smallest absolute Gasteiger partial charge is 0.225 e. The highest BCUT2D eigenvalue weighted by Gasteiger charge is 2.23. The third-order valence-electron chi connectivity index (χ3n) is 6.34. The van der Waals surface area contributed by atoms with Gasteiger partial charge in [-0.1, -0.05) is 12.1 Å². The van der Waals surface area contributed by atoms with Gasteiger partial charge in [0.25, 0.3) is 0 Å². The Labute approximate surface area is 226 Å². The molecule has 0 saturated carbocycles. The van der Waals surface area contributed by atoms with Gasteiger partial charge in [-0.15, -0.1) is 0 Å². The van der Waals surface area contributed by atoms with Crippen molar-refractivity contribution in [2.75, 3.05) is 5.73 Å². The number of benzene rings is 3. The number of carbonyl (C=O) groups is 1. The molecule has 0 aliphatic heterocycles. The monoisotopic (exact) mass is 547 g/mol. The molecule has 1 amide bonds. The van der Waals surface area contributed by atoms with Crippen molar-refractivity contribution in [3.63, 3.8) is 0 Å². The highest BCUT2D eigenvalue weighted by molar-refractivity contribution is 7.97. The molecule has 198 valence electrons. The second kappa shape index (κ2) is 11.2. The number of aromatic amines is 1. The van der Waals surface area contributed by atoms with Crippen molar-refractivity contribution in [2.45, 2.75) is 23.8 Å². The van der Waals surface area contributed by atoms with E-state index < -0.39 is 23.5 Å². The number of hydrogen-bond donors (Lipinski definition) is 4. The summed E-state index contributed by atoms with van der Waals surface area (Å²) in [5.41, 5.74) is 9.57. The van der Waals surface area contributed by atoms with Crippen LogP contribution in [0.15, 0.2) is 83.9 Å². The van der Waals surface area contributed by atoms with E-state index in [1.54, 1.807) is 24.4 Å². The van der Waals surface area contributed by atoms with Crippen LogP contribution < -0.4 is 16.2 Å².